The lowest BCUT2D eigenvalue weighted by Gasteiger charge is -2.12. The van der Waals surface area contributed by atoms with Gasteiger partial charge in [0.15, 0.2) is 0 Å². The molecule has 0 bridgehead atoms. The number of thioether (sulfide) groups is 1. The summed E-state index contributed by atoms with van der Waals surface area (Å²) in [6, 6.07) is 14.2. The molecule has 19 heavy (non-hydrogen) atoms. The Morgan fingerprint density at radius 3 is 2.47 bits per heavy atom. The van der Waals surface area contributed by atoms with Gasteiger partial charge < -0.3 is 10.5 Å². The zero-order chi connectivity index (χ0) is 13.8. The van der Waals surface area contributed by atoms with Crippen molar-refractivity contribution in [1.29, 1.82) is 0 Å². The molecule has 4 heteroatoms. The molecule has 0 spiro atoms. The minimum Gasteiger partial charge on any atom is -0.496 e. The van der Waals surface area contributed by atoms with Gasteiger partial charge in [-0.1, -0.05) is 12.1 Å². The zero-order valence-electron chi connectivity index (χ0n) is 10.8. The molecule has 0 aliphatic carbocycles. The van der Waals surface area contributed by atoms with Crippen LogP contribution in [0.5, 0.6) is 5.75 Å². The molecule has 2 N–H and O–H groups in total. The Bertz CT molecular complexity index is 594. The molecule has 97 valence electrons. The van der Waals surface area contributed by atoms with Gasteiger partial charge >= 0.3 is 0 Å². The zero-order valence-corrected chi connectivity index (χ0v) is 11.6. The highest BCUT2D eigenvalue weighted by atomic mass is 32.2. The van der Waals surface area contributed by atoms with Gasteiger partial charge in [0.05, 0.1) is 12.7 Å². The Labute approximate surface area is 116 Å². The van der Waals surface area contributed by atoms with Crippen LogP contribution in [-0.2, 0) is 0 Å². The number of methoxy groups -OCH3 is 1. The van der Waals surface area contributed by atoms with Gasteiger partial charge in [-0.15, -0.1) is 11.8 Å². The van der Waals surface area contributed by atoms with Gasteiger partial charge in [-0.05, 0) is 42.2 Å². The summed E-state index contributed by atoms with van der Waals surface area (Å²) in [6.07, 6.45) is 2.01. The van der Waals surface area contributed by atoms with Crippen molar-refractivity contribution < 1.29 is 9.53 Å². The summed E-state index contributed by atoms with van der Waals surface area (Å²) in [6.45, 7) is 0. The van der Waals surface area contributed by atoms with Crippen LogP contribution in [0.4, 0.5) is 0 Å². The minimum atomic E-state index is -0.511. The van der Waals surface area contributed by atoms with E-state index in [1.54, 1.807) is 31.0 Å². The van der Waals surface area contributed by atoms with Gasteiger partial charge in [-0.25, -0.2) is 0 Å². The van der Waals surface area contributed by atoms with Crippen molar-refractivity contribution in [3.63, 3.8) is 0 Å². The first-order valence-corrected chi connectivity index (χ1v) is 6.92. The van der Waals surface area contributed by atoms with Gasteiger partial charge in [0.25, 0.3) is 0 Å². The Morgan fingerprint density at radius 1 is 1.26 bits per heavy atom. The molecule has 0 aliphatic heterocycles. The molecule has 2 aromatic rings. The molecule has 0 fully saturated rings. The molecule has 0 heterocycles. The molecule has 2 aromatic carbocycles. The topological polar surface area (TPSA) is 52.3 Å². The monoisotopic (exact) mass is 272 g/mol. The quantitative estimate of drug-likeness (QED) is 0.870. The highest BCUT2D eigenvalue weighted by molar-refractivity contribution is 7.98. The van der Waals surface area contributed by atoms with E-state index in [0.717, 1.165) is 10.5 Å². The van der Waals surface area contributed by atoms with E-state index >= 15 is 0 Å². The normalized spacial score (nSPS) is 10.2. The lowest BCUT2D eigenvalue weighted by Crippen LogP contribution is -2.13. The van der Waals surface area contributed by atoms with Crippen molar-refractivity contribution in [2.45, 2.75) is 4.90 Å². The van der Waals surface area contributed by atoms with E-state index in [1.807, 2.05) is 30.5 Å². The van der Waals surface area contributed by atoms with Crippen LogP contribution in [0.1, 0.15) is 10.4 Å². The summed E-state index contributed by atoms with van der Waals surface area (Å²) in [7, 11) is 1.57. The third-order valence-electron chi connectivity index (χ3n) is 2.80. The van der Waals surface area contributed by atoms with Crippen molar-refractivity contribution >= 4 is 17.7 Å². The standard InChI is InChI=1S/C15H14NO2S/c1-18-13-5-3-4-12(15(16)17)14(13)10-6-8-11(19-2)9-7-10/h3,5-9H,1-2H3,(H2,16,17). The first kappa shape index (κ1) is 13.5. The molecule has 0 saturated heterocycles. The molecule has 2 rings (SSSR count). The van der Waals surface area contributed by atoms with Gasteiger partial charge in [-0.2, -0.15) is 0 Å². The van der Waals surface area contributed by atoms with Crippen molar-refractivity contribution in [2.24, 2.45) is 5.73 Å². The highest BCUT2D eigenvalue weighted by Gasteiger charge is 2.15. The third-order valence-corrected chi connectivity index (χ3v) is 3.55. The number of hydrogen-bond acceptors (Lipinski definition) is 3. The molecular weight excluding hydrogens is 258 g/mol. The van der Waals surface area contributed by atoms with Crippen molar-refractivity contribution in [2.75, 3.05) is 13.4 Å². The van der Waals surface area contributed by atoms with Crippen molar-refractivity contribution in [3.8, 4) is 16.9 Å². The number of amides is 1. The lowest BCUT2D eigenvalue weighted by atomic mass is 9.98. The average Bonchev–Trinajstić information content (AvgIpc) is 2.46. The molecule has 0 aromatic heterocycles. The maximum Gasteiger partial charge on any atom is 0.250 e. The first-order chi connectivity index (χ1) is 9.17. The first-order valence-electron chi connectivity index (χ1n) is 5.70. The molecule has 1 radical (unpaired) electrons. The molecule has 0 saturated carbocycles. The van der Waals surface area contributed by atoms with E-state index in [1.165, 1.54) is 0 Å². The summed E-state index contributed by atoms with van der Waals surface area (Å²) in [5.74, 6) is 0.104. The molecule has 1 amide bonds. The van der Waals surface area contributed by atoms with Gasteiger partial charge in [0.2, 0.25) is 5.91 Å². The SMILES string of the molecule is COc1cc[c]c(C(N)=O)c1-c1ccc(SC)cc1. The van der Waals surface area contributed by atoms with E-state index < -0.39 is 5.91 Å². The second-order valence-electron chi connectivity index (χ2n) is 3.89. The van der Waals surface area contributed by atoms with Crippen LogP contribution in [0.3, 0.4) is 0 Å². The predicted octanol–water partition coefficient (Wildman–Crippen LogP) is 2.98. The van der Waals surface area contributed by atoms with Crippen LogP contribution in [-0.4, -0.2) is 19.3 Å². The van der Waals surface area contributed by atoms with E-state index in [-0.39, 0.29) is 0 Å². The van der Waals surface area contributed by atoms with Crippen LogP contribution in [0.15, 0.2) is 41.3 Å². The minimum absolute atomic E-state index is 0.344. The second-order valence-corrected chi connectivity index (χ2v) is 4.77. The maximum atomic E-state index is 11.5. The van der Waals surface area contributed by atoms with Crippen LogP contribution in [0.2, 0.25) is 0 Å². The molecular formula is C15H14NO2S. The fraction of sp³-hybridized carbons (Fsp3) is 0.133. The second kappa shape index (κ2) is 5.80. The smallest absolute Gasteiger partial charge is 0.250 e. The Morgan fingerprint density at radius 2 is 1.95 bits per heavy atom. The summed E-state index contributed by atoms with van der Waals surface area (Å²) >= 11 is 1.66. The Balaban J connectivity index is 2.61. The van der Waals surface area contributed by atoms with Gasteiger partial charge in [0, 0.05) is 10.5 Å². The third kappa shape index (κ3) is 2.74. The highest BCUT2D eigenvalue weighted by Crippen LogP contribution is 2.33. The number of hydrogen-bond donors (Lipinski definition) is 1. The van der Waals surface area contributed by atoms with Crippen LogP contribution >= 0.6 is 11.8 Å². The van der Waals surface area contributed by atoms with Crippen molar-refractivity contribution in [1.82, 2.24) is 0 Å². The van der Waals surface area contributed by atoms with E-state index in [4.69, 9.17) is 10.5 Å². The number of rotatable bonds is 4. The van der Waals surface area contributed by atoms with Crippen molar-refractivity contribution in [3.05, 3.63) is 48.0 Å². The number of carbonyl (C=O) groups excluding carboxylic acids is 1. The summed E-state index contributed by atoms with van der Waals surface area (Å²) in [4.78, 5) is 12.7. The molecule has 3 nitrogen and oxygen atoms in total. The predicted molar refractivity (Wildman–Crippen MR) is 77.6 cm³/mol. The fourth-order valence-corrected chi connectivity index (χ4v) is 2.30. The number of ether oxygens (including phenoxy) is 1. The summed E-state index contributed by atoms with van der Waals surface area (Å²) in [5, 5.41) is 0. The fourth-order valence-electron chi connectivity index (χ4n) is 1.89. The molecule has 0 atom stereocenters. The van der Waals surface area contributed by atoms with E-state index in [0.29, 0.717) is 16.9 Å². The summed E-state index contributed by atoms with van der Waals surface area (Å²) < 4.78 is 5.31. The maximum absolute atomic E-state index is 11.5. The molecule has 0 unspecified atom stereocenters. The van der Waals surface area contributed by atoms with Crippen LogP contribution in [0.25, 0.3) is 11.1 Å². The lowest BCUT2D eigenvalue weighted by molar-refractivity contribution is 0.100. The molecule has 0 aliphatic rings. The van der Waals surface area contributed by atoms with Crippen LogP contribution in [0, 0.1) is 6.07 Å². The largest absolute Gasteiger partial charge is 0.496 e. The Kier molecular flexibility index (Phi) is 4.12. The number of carbonyl (C=O) groups is 1. The van der Waals surface area contributed by atoms with E-state index in [9.17, 15) is 4.79 Å². The summed E-state index contributed by atoms with van der Waals surface area (Å²) in [5.41, 5.74) is 7.32. The average molecular weight is 272 g/mol. The van der Waals surface area contributed by atoms with E-state index in [2.05, 4.69) is 6.07 Å². The van der Waals surface area contributed by atoms with Gasteiger partial charge in [-0.3, -0.25) is 4.79 Å². The van der Waals surface area contributed by atoms with Gasteiger partial charge in [0.1, 0.15) is 5.75 Å². The number of benzene rings is 2. The van der Waals surface area contributed by atoms with Crippen LogP contribution < -0.4 is 10.5 Å². The number of primary amides is 1. The number of nitrogens with two attached hydrogens (primary N) is 1. The Hall–Kier alpha value is -1.94.